The summed E-state index contributed by atoms with van der Waals surface area (Å²) < 4.78 is 2.14. The number of nitrogens with zero attached hydrogens (tertiary/aromatic N) is 7. The third kappa shape index (κ3) is 3.24. The summed E-state index contributed by atoms with van der Waals surface area (Å²) >= 11 is 0. The van der Waals surface area contributed by atoms with Gasteiger partial charge in [-0.25, -0.2) is 9.97 Å². The van der Waals surface area contributed by atoms with Crippen molar-refractivity contribution in [2.75, 3.05) is 26.0 Å². The number of aromatic nitrogens is 5. The van der Waals surface area contributed by atoms with Crippen LogP contribution in [0, 0.1) is 0 Å². The normalized spacial score (nSPS) is 14.6. The Morgan fingerprint density at radius 1 is 1.18 bits per heavy atom. The average Bonchev–Trinajstić information content (AvgIpc) is 3.25. The summed E-state index contributed by atoms with van der Waals surface area (Å²) in [6.45, 7) is 1.52. The van der Waals surface area contributed by atoms with Crippen LogP contribution in [-0.4, -0.2) is 50.8 Å². The van der Waals surface area contributed by atoms with Crippen LogP contribution in [0.4, 0.5) is 5.95 Å². The standard InChI is InChI=1S/C15H23N7/c1-20(2)15-16-8-7-12(17-15)9-21(3)10-13-18-19-14(22(13)4)11-5-6-11/h7-8,11H,5-6,9-10H2,1-4H3. The molecule has 7 nitrogen and oxygen atoms in total. The highest BCUT2D eigenvalue weighted by Crippen LogP contribution is 2.38. The van der Waals surface area contributed by atoms with Crippen LogP contribution >= 0.6 is 0 Å². The summed E-state index contributed by atoms with van der Waals surface area (Å²) in [5.41, 5.74) is 1.01. The first kappa shape index (κ1) is 14.9. The molecular weight excluding hydrogens is 278 g/mol. The zero-order valence-electron chi connectivity index (χ0n) is 13.7. The lowest BCUT2D eigenvalue weighted by Crippen LogP contribution is -2.21. The van der Waals surface area contributed by atoms with E-state index in [1.807, 2.05) is 25.1 Å². The maximum Gasteiger partial charge on any atom is 0.225 e. The fourth-order valence-corrected chi connectivity index (χ4v) is 2.47. The number of hydrogen-bond donors (Lipinski definition) is 0. The zero-order valence-corrected chi connectivity index (χ0v) is 13.7. The van der Waals surface area contributed by atoms with E-state index in [1.54, 1.807) is 6.20 Å². The minimum absolute atomic E-state index is 0.626. The Balaban J connectivity index is 1.65. The highest BCUT2D eigenvalue weighted by molar-refractivity contribution is 5.27. The fraction of sp³-hybridized carbons (Fsp3) is 0.600. The topological polar surface area (TPSA) is 63.0 Å². The molecule has 0 N–H and O–H groups in total. The highest BCUT2D eigenvalue weighted by atomic mass is 15.3. The van der Waals surface area contributed by atoms with Gasteiger partial charge in [-0.15, -0.1) is 10.2 Å². The first-order valence-electron chi connectivity index (χ1n) is 7.60. The Morgan fingerprint density at radius 3 is 2.64 bits per heavy atom. The van der Waals surface area contributed by atoms with Crippen molar-refractivity contribution in [3.8, 4) is 0 Å². The maximum absolute atomic E-state index is 4.55. The van der Waals surface area contributed by atoms with Gasteiger partial charge >= 0.3 is 0 Å². The monoisotopic (exact) mass is 301 g/mol. The fourth-order valence-electron chi connectivity index (χ4n) is 2.47. The minimum atomic E-state index is 0.626. The van der Waals surface area contributed by atoms with Crippen LogP contribution in [0.15, 0.2) is 12.3 Å². The Kier molecular flexibility index (Phi) is 4.06. The highest BCUT2D eigenvalue weighted by Gasteiger charge is 2.29. The SMILES string of the molecule is CN(Cc1ccnc(N(C)C)n1)Cc1nnc(C2CC2)n1C. The van der Waals surface area contributed by atoms with Gasteiger partial charge in [-0.3, -0.25) is 4.90 Å². The van der Waals surface area contributed by atoms with Gasteiger partial charge in [0.2, 0.25) is 5.95 Å². The van der Waals surface area contributed by atoms with Gasteiger partial charge in [-0.1, -0.05) is 0 Å². The van der Waals surface area contributed by atoms with Crippen LogP contribution in [0.2, 0.25) is 0 Å². The van der Waals surface area contributed by atoms with Crippen molar-refractivity contribution >= 4 is 5.95 Å². The molecule has 3 rings (SSSR count). The molecular formula is C15H23N7. The van der Waals surface area contributed by atoms with E-state index in [4.69, 9.17) is 0 Å². The molecule has 0 aliphatic heterocycles. The van der Waals surface area contributed by atoms with E-state index in [9.17, 15) is 0 Å². The molecule has 0 unspecified atom stereocenters. The first-order valence-corrected chi connectivity index (χ1v) is 7.60. The summed E-state index contributed by atoms with van der Waals surface area (Å²) in [5.74, 6) is 3.49. The Hall–Kier alpha value is -2.02. The molecule has 0 bridgehead atoms. The molecule has 118 valence electrons. The Bertz CT molecular complexity index is 645. The molecule has 1 aliphatic rings. The van der Waals surface area contributed by atoms with E-state index >= 15 is 0 Å². The van der Waals surface area contributed by atoms with Crippen LogP contribution in [0.25, 0.3) is 0 Å². The molecule has 0 aromatic carbocycles. The summed E-state index contributed by atoms with van der Waals surface area (Å²) in [6.07, 6.45) is 4.30. The van der Waals surface area contributed by atoms with Gasteiger partial charge < -0.3 is 9.47 Å². The van der Waals surface area contributed by atoms with E-state index in [0.717, 1.165) is 36.4 Å². The van der Waals surface area contributed by atoms with E-state index in [1.165, 1.54) is 12.8 Å². The van der Waals surface area contributed by atoms with Crippen molar-refractivity contribution in [3.63, 3.8) is 0 Å². The second-order valence-corrected chi connectivity index (χ2v) is 6.22. The van der Waals surface area contributed by atoms with Crippen LogP contribution in [0.1, 0.15) is 36.1 Å². The van der Waals surface area contributed by atoms with Crippen LogP contribution in [0.5, 0.6) is 0 Å². The Labute approximate surface area is 131 Å². The summed E-state index contributed by atoms with van der Waals surface area (Å²) in [5, 5.41) is 8.66. The Morgan fingerprint density at radius 2 is 1.95 bits per heavy atom. The van der Waals surface area contributed by atoms with Crippen LogP contribution in [0.3, 0.4) is 0 Å². The molecule has 1 aliphatic carbocycles. The number of anilines is 1. The molecule has 1 saturated carbocycles. The molecule has 0 atom stereocenters. The molecule has 1 fully saturated rings. The van der Waals surface area contributed by atoms with Crippen LogP contribution < -0.4 is 4.90 Å². The van der Waals surface area contributed by atoms with Gasteiger partial charge in [0.1, 0.15) is 11.6 Å². The largest absolute Gasteiger partial charge is 0.347 e. The number of rotatable bonds is 6. The van der Waals surface area contributed by atoms with Gasteiger partial charge in [0.15, 0.2) is 0 Å². The van der Waals surface area contributed by atoms with Gasteiger partial charge in [0.05, 0.1) is 12.2 Å². The van der Waals surface area contributed by atoms with Crippen molar-refractivity contribution < 1.29 is 0 Å². The molecule has 0 amide bonds. The lowest BCUT2D eigenvalue weighted by molar-refractivity contribution is 0.302. The second kappa shape index (κ2) is 6.00. The summed E-state index contributed by atoms with van der Waals surface area (Å²) in [4.78, 5) is 12.9. The molecule has 0 spiro atoms. The molecule has 2 heterocycles. The van der Waals surface area contributed by atoms with Gasteiger partial charge in [0, 0.05) is 39.8 Å². The van der Waals surface area contributed by atoms with E-state index in [0.29, 0.717) is 5.92 Å². The van der Waals surface area contributed by atoms with Crippen molar-refractivity contribution in [1.29, 1.82) is 0 Å². The molecule has 22 heavy (non-hydrogen) atoms. The van der Waals surface area contributed by atoms with Crippen molar-refractivity contribution in [2.24, 2.45) is 7.05 Å². The zero-order chi connectivity index (χ0) is 15.7. The summed E-state index contributed by atoms with van der Waals surface area (Å²) in [7, 11) is 8.03. The maximum atomic E-state index is 4.55. The third-order valence-electron chi connectivity index (χ3n) is 3.88. The van der Waals surface area contributed by atoms with Crippen molar-refractivity contribution in [3.05, 3.63) is 29.6 Å². The average molecular weight is 301 g/mol. The molecule has 2 aromatic heterocycles. The predicted octanol–water partition coefficient (Wildman–Crippen LogP) is 1.18. The minimum Gasteiger partial charge on any atom is -0.347 e. The first-order chi connectivity index (χ1) is 10.5. The number of hydrogen-bond acceptors (Lipinski definition) is 6. The molecule has 7 heteroatoms. The molecule has 0 radical (unpaired) electrons. The van der Waals surface area contributed by atoms with E-state index in [-0.39, 0.29) is 0 Å². The van der Waals surface area contributed by atoms with Crippen molar-refractivity contribution in [2.45, 2.75) is 31.8 Å². The lowest BCUT2D eigenvalue weighted by atomic mass is 10.3. The smallest absolute Gasteiger partial charge is 0.225 e. The van der Waals surface area contributed by atoms with Gasteiger partial charge in [-0.05, 0) is 26.0 Å². The van der Waals surface area contributed by atoms with Crippen LogP contribution in [-0.2, 0) is 20.1 Å². The lowest BCUT2D eigenvalue weighted by Gasteiger charge is -2.17. The second-order valence-electron chi connectivity index (χ2n) is 6.22. The molecule has 0 saturated heterocycles. The molecule has 2 aromatic rings. The van der Waals surface area contributed by atoms with E-state index < -0.39 is 0 Å². The quantitative estimate of drug-likeness (QED) is 0.798. The third-order valence-corrected chi connectivity index (χ3v) is 3.88. The van der Waals surface area contributed by atoms with Gasteiger partial charge in [0.25, 0.3) is 0 Å². The van der Waals surface area contributed by atoms with E-state index in [2.05, 4.69) is 43.7 Å². The van der Waals surface area contributed by atoms with Crippen molar-refractivity contribution in [1.82, 2.24) is 29.6 Å². The summed E-state index contributed by atoms with van der Waals surface area (Å²) in [6, 6.07) is 1.95. The van der Waals surface area contributed by atoms with Gasteiger partial charge in [-0.2, -0.15) is 0 Å². The predicted molar refractivity (Wildman–Crippen MR) is 84.5 cm³/mol.